The molecule has 0 saturated heterocycles. The van der Waals surface area contributed by atoms with Crippen molar-refractivity contribution in [2.45, 2.75) is 6.61 Å². The molecule has 0 atom stereocenters. The van der Waals surface area contributed by atoms with Crippen LogP contribution in [0.2, 0.25) is 10.0 Å². The summed E-state index contributed by atoms with van der Waals surface area (Å²) in [6.45, 7) is -0.288. The average Bonchev–Trinajstić information content (AvgIpc) is 3.08. The molecule has 26 heavy (non-hydrogen) atoms. The molecule has 0 unspecified atom stereocenters. The molecule has 3 aromatic rings. The van der Waals surface area contributed by atoms with Gasteiger partial charge in [0.1, 0.15) is 0 Å². The topological polar surface area (TPSA) is 108 Å². The fourth-order valence-corrected chi connectivity index (χ4v) is 2.53. The van der Waals surface area contributed by atoms with Crippen molar-refractivity contribution in [3.63, 3.8) is 0 Å². The van der Waals surface area contributed by atoms with E-state index in [4.69, 9.17) is 32.5 Å². The lowest BCUT2D eigenvalue weighted by atomic mass is 10.2. The first-order valence-corrected chi connectivity index (χ1v) is 7.90. The van der Waals surface area contributed by atoms with Crippen molar-refractivity contribution in [3.05, 3.63) is 74.1 Å². The molecular formula is C16H9Cl2N3O5. The van der Waals surface area contributed by atoms with Crippen LogP contribution in [0.5, 0.6) is 0 Å². The molecular weight excluding hydrogens is 385 g/mol. The van der Waals surface area contributed by atoms with E-state index in [1.807, 2.05) is 0 Å². The number of nitro groups is 1. The summed E-state index contributed by atoms with van der Waals surface area (Å²) < 4.78 is 10.1. The molecule has 0 aliphatic heterocycles. The van der Waals surface area contributed by atoms with E-state index in [0.29, 0.717) is 10.6 Å². The smallest absolute Gasteiger partial charge is 0.340 e. The summed E-state index contributed by atoms with van der Waals surface area (Å²) in [5.74, 6) is -0.455. The third kappa shape index (κ3) is 3.81. The summed E-state index contributed by atoms with van der Waals surface area (Å²) in [6.07, 6.45) is 0. The summed E-state index contributed by atoms with van der Waals surface area (Å²) >= 11 is 11.9. The third-order valence-electron chi connectivity index (χ3n) is 3.29. The van der Waals surface area contributed by atoms with Gasteiger partial charge in [-0.3, -0.25) is 10.1 Å². The van der Waals surface area contributed by atoms with Crippen molar-refractivity contribution in [3.8, 4) is 11.4 Å². The number of non-ortho nitro benzene ring substituents is 1. The van der Waals surface area contributed by atoms with Gasteiger partial charge in [-0.15, -0.1) is 0 Å². The lowest BCUT2D eigenvalue weighted by Crippen LogP contribution is -2.06. The quantitative estimate of drug-likeness (QED) is 0.360. The summed E-state index contributed by atoms with van der Waals surface area (Å²) in [6, 6.07) is 10.4. The Morgan fingerprint density at radius 3 is 2.65 bits per heavy atom. The van der Waals surface area contributed by atoms with Gasteiger partial charge in [0.05, 0.1) is 20.5 Å². The molecule has 0 saturated carbocycles. The van der Waals surface area contributed by atoms with Gasteiger partial charge in [-0.25, -0.2) is 4.79 Å². The van der Waals surface area contributed by atoms with E-state index in [1.165, 1.54) is 6.07 Å². The van der Waals surface area contributed by atoms with E-state index in [1.54, 1.807) is 24.3 Å². The van der Waals surface area contributed by atoms with Crippen molar-refractivity contribution in [1.82, 2.24) is 10.1 Å². The van der Waals surface area contributed by atoms with Crippen LogP contribution in [-0.2, 0) is 11.3 Å². The number of nitro benzene ring substituents is 1. The Bertz CT molecular complexity index is 990. The maximum Gasteiger partial charge on any atom is 0.340 e. The lowest BCUT2D eigenvalue weighted by Gasteiger charge is -2.03. The number of esters is 1. The molecule has 0 aliphatic rings. The van der Waals surface area contributed by atoms with Gasteiger partial charge in [-0.2, -0.15) is 4.98 Å². The zero-order chi connectivity index (χ0) is 18.7. The van der Waals surface area contributed by atoms with E-state index in [9.17, 15) is 14.9 Å². The van der Waals surface area contributed by atoms with Crippen molar-refractivity contribution < 1.29 is 19.0 Å². The van der Waals surface area contributed by atoms with Crippen LogP contribution in [0.25, 0.3) is 11.4 Å². The Morgan fingerprint density at radius 1 is 1.19 bits per heavy atom. The molecule has 0 aliphatic carbocycles. The number of aromatic nitrogens is 2. The number of carbonyl (C=O) groups is 1. The zero-order valence-electron chi connectivity index (χ0n) is 12.9. The highest BCUT2D eigenvalue weighted by molar-refractivity contribution is 6.34. The molecule has 10 heteroatoms. The molecule has 0 amide bonds. The normalized spacial score (nSPS) is 10.5. The summed E-state index contributed by atoms with van der Waals surface area (Å²) in [4.78, 5) is 26.2. The standard InChI is InChI=1S/C16H9Cl2N3O5/c17-12-4-2-1-3-10(12)15-19-14(26-20-15)8-25-16(22)11-6-5-9(21(23)24)7-13(11)18/h1-7H,8H2. The number of hydrogen-bond donors (Lipinski definition) is 0. The summed E-state index contributed by atoms with van der Waals surface area (Å²) in [7, 11) is 0. The first-order valence-electron chi connectivity index (χ1n) is 7.14. The number of ether oxygens (including phenoxy) is 1. The van der Waals surface area contributed by atoms with E-state index in [2.05, 4.69) is 10.1 Å². The molecule has 2 aromatic carbocycles. The molecule has 8 nitrogen and oxygen atoms in total. The van der Waals surface area contributed by atoms with Gasteiger partial charge in [0, 0.05) is 17.7 Å². The minimum atomic E-state index is -0.776. The Hall–Kier alpha value is -2.97. The summed E-state index contributed by atoms with van der Waals surface area (Å²) in [5, 5.41) is 14.8. The van der Waals surface area contributed by atoms with Crippen LogP contribution < -0.4 is 0 Å². The van der Waals surface area contributed by atoms with Gasteiger partial charge < -0.3 is 9.26 Å². The fraction of sp³-hybridized carbons (Fsp3) is 0.0625. The van der Waals surface area contributed by atoms with Gasteiger partial charge >= 0.3 is 5.97 Å². The van der Waals surface area contributed by atoms with Crippen LogP contribution >= 0.6 is 23.2 Å². The van der Waals surface area contributed by atoms with Crippen LogP contribution in [0.1, 0.15) is 16.2 Å². The first-order chi connectivity index (χ1) is 12.5. The molecule has 0 radical (unpaired) electrons. The number of carbonyl (C=O) groups excluding carboxylic acids is 1. The third-order valence-corrected chi connectivity index (χ3v) is 3.94. The maximum absolute atomic E-state index is 12.1. The van der Waals surface area contributed by atoms with E-state index >= 15 is 0 Å². The van der Waals surface area contributed by atoms with Crippen molar-refractivity contribution in [1.29, 1.82) is 0 Å². The maximum atomic E-state index is 12.1. The van der Waals surface area contributed by atoms with Crippen molar-refractivity contribution in [2.24, 2.45) is 0 Å². The Labute approximate surface area is 156 Å². The molecule has 1 aromatic heterocycles. The first kappa shape index (κ1) is 17.8. The average molecular weight is 394 g/mol. The van der Waals surface area contributed by atoms with Gasteiger partial charge in [0.2, 0.25) is 5.82 Å². The zero-order valence-corrected chi connectivity index (χ0v) is 14.4. The van der Waals surface area contributed by atoms with Crippen LogP contribution in [0, 0.1) is 10.1 Å². The molecule has 0 fully saturated rings. The number of nitrogens with zero attached hydrogens (tertiary/aromatic N) is 3. The number of benzene rings is 2. The highest BCUT2D eigenvalue weighted by Gasteiger charge is 2.18. The minimum absolute atomic E-state index is 0.0110. The molecule has 0 spiro atoms. The highest BCUT2D eigenvalue weighted by atomic mass is 35.5. The predicted octanol–water partition coefficient (Wildman–Crippen LogP) is 4.31. The van der Waals surface area contributed by atoms with Crippen LogP contribution in [-0.4, -0.2) is 21.0 Å². The molecule has 0 N–H and O–H groups in total. The largest absolute Gasteiger partial charge is 0.452 e. The van der Waals surface area contributed by atoms with Crippen molar-refractivity contribution in [2.75, 3.05) is 0 Å². The highest BCUT2D eigenvalue weighted by Crippen LogP contribution is 2.26. The van der Waals surface area contributed by atoms with Crippen LogP contribution in [0.4, 0.5) is 5.69 Å². The molecule has 1 heterocycles. The Morgan fingerprint density at radius 2 is 1.96 bits per heavy atom. The van der Waals surface area contributed by atoms with Crippen LogP contribution in [0.3, 0.4) is 0 Å². The van der Waals surface area contributed by atoms with Crippen LogP contribution in [0.15, 0.2) is 47.0 Å². The van der Waals surface area contributed by atoms with E-state index in [-0.39, 0.29) is 34.6 Å². The van der Waals surface area contributed by atoms with Gasteiger partial charge in [-0.1, -0.05) is 40.5 Å². The second kappa shape index (κ2) is 7.51. The number of rotatable bonds is 5. The van der Waals surface area contributed by atoms with Crippen molar-refractivity contribution >= 4 is 34.9 Å². The fourth-order valence-electron chi connectivity index (χ4n) is 2.05. The monoisotopic (exact) mass is 393 g/mol. The summed E-state index contributed by atoms with van der Waals surface area (Å²) in [5.41, 5.74) is 0.338. The molecule has 132 valence electrons. The predicted molar refractivity (Wildman–Crippen MR) is 92.0 cm³/mol. The lowest BCUT2D eigenvalue weighted by molar-refractivity contribution is -0.384. The molecule has 3 rings (SSSR count). The van der Waals surface area contributed by atoms with Gasteiger partial charge in [0.15, 0.2) is 6.61 Å². The SMILES string of the molecule is O=C(OCc1nc(-c2ccccc2Cl)no1)c1ccc([N+](=O)[O-])cc1Cl. The van der Waals surface area contributed by atoms with E-state index < -0.39 is 10.9 Å². The molecule has 0 bridgehead atoms. The second-order valence-electron chi connectivity index (χ2n) is 4.99. The Kier molecular flexibility index (Phi) is 5.15. The second-order valence-corrected chi connectivity index (χ2v) is 5.80. The minimum Gasteiger partial charge on any atom is -0.452 e. The number of halogens is 2. The van der Waals surface area contributed by atoms with Gasteiger partial charge in [-0.05, 0) is 18.2 Å². The Balaban J connectivity index is 1.69. The number of hydrogen-bond acceptors (Lipinski definition) is 7. The van der Waals surface area contributed by atoms with E-state index in [0.717, 1.165) is 12.1 Å². The van der Waals surface area contributed by atoms with Gasteiger partial charge in [0.25, 0.3) is 11.6 Å².